The van der Waals surface area contributed by atoms with Crippen molar-refractivity contribution in [2.24, 2.45) is 0 Å². The zero-order valence-electron chi connectivity index (χ0n) is 6.86. The second kappa shape index (κ2) is 4.11. The lowest BCUT2D eigenvalue weighted by Gasteiger charge is -2.06. The summed E-state index contributed by atoms with van der Waals surface area (Å²) in [7, 11) is 0. The van der Waals surface area contributed by atoms with Gasteiger partial charge in [-0.05, 0) is 0 Å². The minimum Gasteiger partial charge on any atom is -0.250 e. The summed E-state index contributed by atoms with van der Waals surface area (Å²) in [6.07, 6.45) is 1.36. The fourth-order valence-electron chi connectivity index (χ4n) is 1.08. The first-order valence-corrected chi connectivity index (χ1v) is 5.55. The van der Waals surface area contributed by atoms with Gasteiger partial charge >= 0.3 is 0 Å². The zero-order valence-corrected chi connectivity index (χ0v) is 10.6. The van der Waals surface area contributed by atoms with Crippen LogP contribution >= 0.6 is 58.0 Å². The monoisotopic (exact) mass is 300 g/mol. The SMILES string of the molecule is Clc1cnc2c(Cl)c(Cl)c(Cl)c(Cl)c2n1. The van der Waals surface area contributed by atoms with Crippen molar-refractivity contribution in [3.05, 3.63) is 31.4 Å². The molecule has 2 aromatic rings. The van der Waals surface area contributed by atoms with Gasteiger partial charge in [0.1, 0.15) is 16.2 Å². The third-order valence-corrected chi connectivity index (χ3v) is 3.70. The molecule has 7 heteroatoms. The van der Waals surface area contributed by atoms with Gasteiger partial charge in [-0.3, -0.25) is 0 Å². The molecule has 1 heterocycles. The summed E-state index contributed by atoms with van der Waals surface area (Å²) in [6, 6.07) is 0. The Hall–Kier alpha value is 0.01000. The summed E-state index contributed by atoms with van der Waals surface area (Å²) in [4.78, 5) is 7.97. The van der Waals surface area contributed by atoms with Crippen molar-refractivity contribution < 1.29 is 0 Å². The van der Waals surface area contributed by atoms with Gasteiger partial charge in [-0.25, -0.2) is 9.97 Å². The summed E-state index contributed by atoms with van der Waals surface area (Å²) < 4.78 is 0. The number of aromatic nitrogens is 2. The normalized spacial score (nSPS) is 11.0. The Bertz CT molecular complexity index is 554. The molecule has 0 saturated carbocycles. The minimum atomic E-state index is 0.146. The van der Waals surface area contributed by atoms with Crippen molar-refractivity contribution in [1.29, 1.82) is 0 Å². The van der Waals surface area contributed by atoms with Crippen LogP contribution in [0.2, 0.25) is 25.2 Å². The van der Waals surface area contributed by atoms with Gasteiger partial charge in [-0.2, -0.15) is 0 Å². The maximum Gasteiger partial charge on any atom is 0.148 e. The van der Waals surface area contributed by atoms with E-state index in [0.717, 1.165) is 0 Å². The Balaban J connectivity index is 3.00. The van der Waals surface area contributed by atoms with E-state index in [4.69, 9.17) is 58.0 Å². The second-order valence-electron chi connectivity index (χ2n) is 2.65. The lowest BCUT2D eigenvalue weighted by molar-refractivity contribution is 1.29. The molecule has 0 spiro atoms. The van der Waals surface area contributed by atoms with E-state index in [2.05, 4.69) is 9.97 Å². The maximum atomic E-state index is 5.94. The molecule has 2 nitrogen and oxygen atoms in total. The Morgan fingerprint density at radius 2 is 1.27 bits per heavy atom. The predicted octanol–water partition coefficient (Wildman–Crippen LogP) is 4.90. The topological polar surface area (TPSA) is 25.8 Å². The van der Waals surface area contributed by atoms with Crippen LogP contribution in [0.1, 0.15) is 0 Å². The molecule has 0 N–H and O–H groups in total. The van der Waals surface area contributed by atoms with Crippen molar-refractivity contribution >= 4 is 69.0 Å². The largest absolute Gasteiger partial charge is 0.250 e. The zero-order chi connectivity index (χ0) is 11.2. The predicted molar refractivity (Wildman–Crippen MR) is 64.6 cm³/mol. The highest BCUT2D eigenvalue weighted by molar-refractivity contribution is 6.55. The van der Waals surface area contributed by atoms with E-state index < -0.39 is 0 Å². The molecule has 0 aliphatic heterocycles. The Labute approximate surface area is 110 Å². The van der Waals surface area contributed by atoms with Crippen molar-refractivity contribution in [3.63, 3.8) is 0 Å². The molecular weight excluding hydrogens is 301 g/mol. The van der Waals surface area contributed by atoms with Crippen molar-refractivity contribution in [3.8, 4) is 0 Å². The number of hydrogen-bond donors (Lipinski definition) is 0. The van der Waals surface area contributed by atoms with Crippen molar-refractivity contribution in [2.75, 3.05) is 0 Å². The number of halogens is 5. The highest BCUT2D eigenvalue weighted by Gasteiger charge is 2.16. The highest BCUT2D eigenvalue weighted by Crippen LogP contribution is 2.41. The van der Waals surface area contributed by atoms with Gasteiger partial charge < -0.3 is 0 Å². The lowest BCUT2D eigenvalue weighted by Crippen LogP contribution is -1.88. The summed E-state index contributed by atoms with van der Waals surface area (Å²) in [5, 5.41) is 0.917. The summed E-state index contributed by atoms with van der Waals surface area (Å²) in [5.41, 5.74) is 0.712. The smallest absolute Gasteiger partial charge is 0.148 e. The molecule has 0 amide bonds. The van der Waals surface area contributed by atoms with Crippen LogP contribution < -0.4 is 0 Å². The van der Waals surface area contributed by atoms with E-state index in [1.54, 1.807) is 0 Å². The second-order valence-corrected chi connectivity index (χ2v) is 4.54. The van der Waals surface area contributed by atoms with Gasteiger partial charge in [-0.1, -0.05) is 58.0 Å². The Morgan fingerprint density at radius 3 is 1.87 bits per heavy atom. The third-order valence-electron chi connectivity index (χ3n) is 1.74. The van der Waals surface area contributed by atoms with Crippen LogP contribution in [0.25, 0.3) is 11.0 Å². The van der Waals surface area contributed by atoms with Crippen LogP contribution in [0.15, 0.2) is 6.20 Å². The van der Waals surface area contributed by atoms with Crippen LogP contribution in [-0.2, 0) is 0 Å². The van der Waals surface area contributed by atoms with Gasteiger partial charge in [0, 0.05) is 0 Å². The molecule has 0 radical (unpaired) electrons. The molecule has 15 heavy (non-hydrogen) atoms. The quantitative estimate of drug-likeness (QED) is 0.511. The van der Waals surface area contributed by atoms with E-state index in [1.165, 1.54) is 6.20 Å². The molecule has 0 bridgehead atoms. The molecule has 1 aromatic heterocycles. The molecule has 0 aliphatic carbocycles. The van der Waals surface area contributed by atoms with E-state index in [9.17, 15) is 0 Å². The first-order valence-electron chi connectivity index (χ1n) is 3.66. The number of rotatable bonds is 0. The first-order chi connectivity index (χ1) is 7.02. The van der Waals surface area contributed by atoms with Crippen molar-refractivity contribution in [1.82, 2.24) is 9.97 Å². The number of hydrogen-bond acceptors (Lipinski definition) is 2. The van der Waals surface area contributed by atoms with E-state index in [-0.39, 0.29) is 25.2 Å². The molecule has 2 rings (SSSR count). The molecule has 0 saturated heterocycles. The molecular formula is C8HCl5N2. The van der Waals surface area contributed by atoms with Crippen molar-refractivity contribution in [2.45, 2.75) is 0 Å². The van der Waals surface area contributed by atoms with Crippen LogP contribution in [0, 0.1) is 0 Å². The summed E-state index contributed by atoms with van der Waals surface area (Å²) in [6.45, 7) is 0. The Kier molecular flexibility index (Phi) is 3.15. The van der Waals surface area contributed by atoms with E-state index in [0.29, 0.717) is 11.0 Å². The highest BCUT2D eigenvalue weighted by atomic mass is 35.5. The van der Waals surface area contributed by atoms with Gasteiger partial charge in [0.2, 0.25) is 0 Å². The van der Waals surface area contributed by atoms with Gasteiger partial charge in [0.25, 0.3) is 0 Å². The molecule has 0 aliphatic rings. The molecule has 1 aromatic carbocycles. The van der Waals surface area contributed by atoms with Gasteiger partial charge in [0.15, 0.2) is 0 Å². The van der Waals surface area contributed by atoms with Gasteiger partial charge in [-0.15, -0.1) is 0 Å². The maximum absolute atomic E-state index is 5.94. The molecule has 78 valence electrons. The fraction of sp³-hybridized carbons (Fsp3) is 0. The third kappa shape index (κ3) is 1.85. The number of nitrogens with zero attached hydrogens (tertiary/aromatic N) is 2. The number of benzene rings is 1. The fourth-order valence-corrected chi connectivity index (χ4v) is 2.14. The summed E-state index contributed by atoms with van der Waals surface area (Å²) in [5.74, 6) is 0. The van der Waals surface area contributed by atoms with E-state index >= 15 is 0 Å². The first kappa shape index (κ1) is 11.5. The molecule has 0 fully saturated rings. The minimum absolute atomic E-state index is 0.146. The summed E-state index contributed by atoms with van der Waals surface area (Å²) >= 11 is 29.3. The average molecular weight is 302 g/mol. The van der Waals surface area contributed by atoms with Crippen LogP contribution in [0.4, 0.5) is 0 Å². The standard InChI is InChI=1S/C8HCl5N2/c9-2-1-14-7-5(12)3(10)4(11)6(13)8(7)15-2/h1H. The number of fused-ring (bicyclic) bond motifs is 1. The van der Waals surface area contributed by atoms with Gasteiger partial charge in [0.05, 0.1) is 26.3 Å². The molecule has 0 atom stereocenters. The Morgan fingerprint density at radius 1 is 0.733 bits per heavy atom. The lowest BCUT2D eigenvalue weighted by atomic mass is 10.3. The van der Waals surface area contributed by atoms with Crippen LogP contribution in [-0.4, -0.2) is 9.97 Å². The molecule has 0 unspecified atom stereocenters. The van der Waals surface area contributed by atoms with E-state index in [1.807, 2.05) is 0 Å². The van der Waals surface area contributed by atoms with Crippen LogP contribution in [0.5, 0.6) is 0 Å². The average Bonchev–Trinajstić information content (AvgIpc) is 2.23. The van der Waals surface area contributed by atoms with Crippen LogP contribution in [0.3, 0.4) is 0 Å².